The van der Waals surface area contributed by atoms with Crippen LogP contribution in [0.4, 0.5) is 4.39 Å². The minimum atomic E-state index is -4.42. The van der Waals surface area contributed by atoms with Crippen LogP contribution in [-0.2, 0) is 15.8 Å². The van der Waals surface area contributed by atoms with E-state index in [9.17, 15) is 18.5 Å². The Bertz CT molecular complexity index is 591. The third-order valence-corrected chi connectivity index (χ3v) is 2.54. The van der Waals surface area contributed by atoms with Gasteiger partial charge < -0.3 is 19.6 Å². The normalized spacial score (nSPS) is 13.5. The number of hydrogen-bond donors (Lipinski definition) is 4. The van der Waals surface area contributed by atoms with Gasteiger partial charge in [-0.25, -0.2) is 4.79 Å². The first-order valence-corrected chi connectivity index (χ1v) is 6.79. The molecule has 4 N–H and O–H groups in total. The maximum Gasteiger partial charge on any atom is 0.350 e. The fourth-order valence-electron chi connectivity index (χ4n) is 1.20. The number of nitrogens with zero attached hydrogens (tertiary/aromatic N) is 1. The van der Waals surface area contributed by atoms with Crippen molar-refractivity contribution in [3.63, 3.8) is 0 Å². The van der Waals surface area contributed by atoms with E-state index in [2.05, 4.69) is 0 Å². The molecule has 108 valence electrons. The highest BCUT2D eigenvalue weighted by Gasteiger charge is 2.18. The summed E-state index contributed by atoms with van der Waals surface area (Å²) in [5, 5.41) is 8.94. The van der Waals surface area contributed by atoms with Gasteiger partial charge in [0.05, 0.1) is 25.5 Å². The summed E-state index contributed by atoms with van der Waals surface area (Å²) < 4.78 is 29.0. The topological polar surface area (TPSA) is 142 Å². The summed E-state index contributed by atoms with van der Waals surface area (Å²) in [4.78, 5) is 41.0. The average molecular weight is 298 g/mol. The molecule has 1 aromatic heterocycles. The molecule has 0 unspecified atom stereocenters. The first-order chi connectivity index (χ1) is 8.73. The number of ether oxygens (including phenoxy) is 1. The number of halogens is 1. The van der Waals surface area contributed by atoms with Gasteiger partial charge in [0, 0.05) is 0 Å². The Morgan fingerprint density at radius 2 is 2.11 bits per heavy atom. The van der Waals surface area contributed by atoms with Gasteiger partial charge in [-0.2, -0.15) is 4.39 Å². The van der Waals surface area contributed by atoms with Gasteiger partial charge >= 0.3 is 13.3 Å². The van der Waals surface area contributed by atoms with Gasteiger partial charge in [0.2, 0.25) is 5.82 Å². The molecule has 1 aromatic rings. The van der Waals surface area contributed by atoms with Crippen molar-refractivity contribution in [2.45, 2.75) is 12.6 Å². The van der Waals surface area contributed by atoms with Crippen LogP contribution in [0.1, 0.15) is 0 Å². The second-order valence-corrected chi connectivity index (χ2v) is 5.24. The lowest BCUT2D eigenvalue weighted by atomic mass is 10.3. The number of hydrogen-bond acceptors (Lipinski definition) is 5. The van der Waals surface area contributed by atoms with Crippen LogP contribution in [0, 0.1) is 5.82 Å². The van der Waals surface area contributed by atoms with E-state index in [0.717, 1.165) is 4.57 Å². The minimum Gasteiger partial charge on any atom is -0.394 e. The van der Waals surface area contributed by atoms with Crippen LogP contribution >= 0.6 is 7.60 Å². The number of rotatable bonds is 6. The summed E-state index contributed by atoms with van der Waals surface area (Å²) in [5.74, 6) is -1.20. The monoisotopic (exact) mass is 298 g/mol. The van der Waals surface area contributed by atoms with Gasteiger partial charge in [-0.1, -0.05) is 0 Å². The summed E-state index contributed by atoms with van der Waals surface area (Å²) in [6.45, 7) is -1.02. The zero-order chi connectivity index (χ0) is 14.6. The van der Waals surface area contributed by atoms with Crippen molar-refractivity contribution in [1.29, 1.82) is 0 Å². The molecule has 9 nitrogen and oxygen atoms in total. The van der Waals surface area contributed by atoms with E-state index in [0.29, 0.717) is 6.20 Å². The van der Waals surface area contributed by atoms with Crippen LogP contribution in [0.25, 0.3) is 0 Å². The van der Waals surface area contributed by atoms with Crippen molar-refractivity contribution >= 4 is 7.60 Å². The number of aromatic amines is 1. The van der Waals surface area contributed by atoms with Crippen molar-refractivity contribution in [1.82, 2.24) is 9.55 Å². The molecule has 0 fully saturated rings. The Labute approximate surface area is 105 Å². The van der Waals surface area contributed by atoms with E-state index >= 15 is 0 Å². The van der Waals surface area contributed by atoms with Gasteiger partial charge in [0.25, 0.3) is 5.56 Å². The smallest absolute Gasteiger partial charge is 0.350 e. The Kier molecular flexibility index (Phi) is 5.15. The van der Waals surface area contributed by atoms with E-state index < -0.39 is 43.7 Å². The second-order valence-electron chi connectivity index (χ2n) is 3.65. The molecule has 0 radical (unpaired) electrons. The second kappa shape index (κ2) is 6.22. The van der Waals surface area contributed by atoms with Crippen molar-refractivity contribution in [3.8, 4) is 0 Å². The first-order valence-electron chi connectivity index (χ1n) is 4.99. The Hall–Kier alpha value is -1.32. The quantitative estimate of drug-likeness (QED) is 0.453. The molecule has 0 amide bonds. The van der Waals surface area contributed by atoms with Gasteiger partial charge in [-0.3, -0.25) is 18.9 Å². The number of aromatic nitrogens is 2. The molecule has 0 bridgehead atoms. The van der Waals surface area contributed by atoms with Crippen LogP contribution in [0.5, 0.6) is 0 Å². The van der Waals surface area contributed by atoms with Crippen LogP contribution in [0.15, 0.2) is 15.8 Å². The molecule has 19 heavy (non-hydrogen) atoms. The maximum absolute atomic E-state index is 13.0. The highest BCUT2D eigenvalue weighted by molar-refractivity contribution is 7.51. The molecular weight excluding hydrogens is 286 g/mol. The van der Waals surface area contributed by atoms with Crippen molar-refractivity contribution in [2.24, 2.45) is 0 Å². The van der Waals surface area contributed by atoms with Gasteiger partial charge in [0.1, 0.15) is 6.35 Å². The van der Waals surface area contributed by atoms with E-state index in [1.165, 1.54) is 0 Å². The van der Waals surface area contributed by atoms with E-state index in [1.54, 1.807) is 4.98 Å². The first kappa shape index (κ1) is 15.7. The highest BCUT2D eigenvalue weighted by atomic mass is 31.2. The predicted molar refractivity (Wildman–Crippen MR) is 60.2 cm³/mol. The number of nitrogens with one attached hydrogen (secondary N) is 1. The molecule has 0 aliphatic heterocycles. The molecule has 1 rings (SSSR count). The number of aliphatic hydroxyl groups excluding tert-OH is 1. The maximum atomic E-state index is 13.0. The number of H-pyrrole nitrogens is 1. The van der Waals surface area contributed by atoms with Gasteiger partial charge in [0.15, 0.2) is 0 Å². The predicted octanol–water partition coefficient (Wildman–Crippen LogP) is -1.81. The largest absolute Gasteiger partial charge is 0.394 e. The van der Waals surface area contributed by atoms with Crippen molar-refractivity contribution in [2.75, 3.05) is 13.0 Å². The third-order valence-electron chi connectivity index (χ3n) is 2.05. The van der Waals surface area contributed by atoms with Crippen LogP contribution in [-0.4, -0.2) is 43.5 Å². The lowest BCUT2D eigenvalue weighted by Crippen LogP contribution is -2.36. The Morgan fingerprint density at radius 1 is 1.47 bits per heavy atom. The van der Waals surface area contributed by atoms with E-state index in [4.69, 9.17) is 19.6 Å². The fraction of sp³-hybridized carbons (Fsp3) is 0.500. The molecule has 0 aliphatic carbocycles. The fourth-order valence-corrected chi connectivity index (χ4v) is 1.61. The van der Waals surface area contributed by atoms with E-state index in [1.807, 2.05) is 0 Å². The van der Waals surface area contributed by atoms with Crippen LogP contribution in [0.3, 0.4) is 0 Å². The zero-order valence-corrected chi connectivity index (χ0v) is 10.4. The third kappa shape index (κ3) is 5.05. The van der Waals surface area contributed by atoms with Crippen molar-refractivity contribution < 1.29 is 28.6 Å². The summed E-state index contributed by atoms with van der Waals surface area (Å²) >= 11 is 0. The van der Waals surface area contributed by atoms with Gasteiger partial charge in [-0.05, 0) is 0 Å². The molecule has 0 aromatic carbocycles. The lowest BCUT2D eigenvalue weighted by molar-refractivity contribution is 0.0186. The van der Waals surface area contributed by atoms with Crippen LogP contribution in [0.2, 0.25) is 0 Å². The molecule has 0 saturated carbocycles. The Balaban J connectivity index is 2.82. The highest BCUT2D eigenvalue weighted by Crippen LogP contribution is 2.34. The molecule has 0 aliphatic rings. The summed E-state index contributed by atoms with van der Waals surface area (Å²) in [7, 11) is -4.42. The SMILES string of the molecule is O=c1[nH]c(=O)n(C[C@@H](CO)OCP(=O)(O)O)cc1F. The zero-order valence-electron chi connectivity index (χ0n) is 9.52. The summed E-state index contributed by atoms with van der Waals surface area (Å²) in [6.07, 6.45) is -1.46. The lowest BCUT2D eigenvalue weighted by Gasteiger charge is -2.16. The van der Waals surface area contributed by atoms with Crippen LogP contribution < -0.4 is 11.2 Å². The molecule has 1 heterocycles. The molecule has 11 heteroatoms. The van der Waals surface area contributed by atoms with Crippen molar-refractivity contribution in [3.05, 3.63) is 32.9 Å². The Morgan fingerprint density at radius 3 is 2.63 bits per heavy atom. The molecule has 1 atom stereocenters. The minimum absolute atomic E-state index is 0.372. The standard InChI is InChI=1S/C8H12FN2O7P/c9-6-2-11(8(14)10-7(6)13)1-5(3-12)18-4-19(15,16)17/h2,5,12H,1,3-4H2,(H,10,13,14)(H2,15,16,17)/t5-/m0/s1. The summed E-state index contributed by atoms with van der Waals surface area (Å²) in [6, 6.07) is 0. The van der Waals surface area contributed by atoms with E-state index in [-0.39, 0.29) is 6.54 Å². The molecule has 0 saturated heterocycles. The number of aliphatic hydroxyl groups is 1. The van der Waals surface area contributed by atoms with Gasteiger partial charge in [-0.15, -0.1) is 0 Å². The summed E-state index contributed by atoms with van der Waals surface area (Å²) in [5.41, 5.74) is -2.11. The average Bonchev–Trinajstić information content (AvgIpc) is 2.29. The molecular formula is C8H12FN2O7P. The molecule has 0 spiro atoms.